The summed E-state index contributed by atoms with van der Waals surface area (Å²) in [6.07, 6.45) is 8.54. The molecule has 3 rings (SSSR count). The zero-order valence-corrected chi connectivity index (χ0v) is 10.3. The van der Waals surface area contributed by atoms with Crippen molar-refractivity contribution in [1.29, 1.82) is 0 Å². The highest BCUT2D eigenvalue weighted by atomic mass is 16.1. The van der Waals surface area contributed by atoms with E-state index in [0.29, 0.717) is 6.04 Å². The van der Waals surface area contributed by atoms with Gasteiger partial charge in [-0.1, -0.05) is 6.07 Å². The summed E-state index contributed by atoms with van der Waals surface area (Å²) < 4.78 is 1.96. The van der Waals surface area contributed by atoms with E-state index in [1.807, 2.05) is 36.1 Å². The van der Waals surface area contributed by atoms with E-state index in [2.05, 4.69) is 10.1 Å². The van der Waals surface area contributed by atoms with Gasteiger partial charge in [0.25, 0.3) is 0 Å². The van der Waals surface area contributed by atoms with Crippen molar-refractivity contribution in [3.8, 4) is 11.3 Å². The third-order valence-electron chi connectivity index (χ3n) is 3.60. The summed E-state index contributed by atoms with van der Waals surface area (Å²) in [4.78, 5) is 15.0. The standard InChI is InChI=1S/C14H15N3O/c1-10-3-2-4-15-14(10)12-7-16-17(8-12)13-5-11(6-13)9-18/h2-4,7-9,11,13H,5-6H2,1H3/t11-,13-. The minimum atomic E-state index is 0.222. The molecule has 1 saturated carbocycles. The SMILES string of the molecule is Cc1cccnc1-c1cnn([C@H]2C[C@H](C=O)C2)c1. The maximum Gasteiger partial charge on any atom is 0.123 e. The van der Waals surface area contributed by atoms with E-state index in [1.54, 1.807) is 6.20 Å². The summed E-state index contributed by atoms with van der Waals surface area (Å²) in [7, 11) is 0. The molecule has 0 atom stereocenters. The Kier molecular flexibility index (Phi) is 2.70. The van der Waals surface area contributed by atoms with Gasteiger partial charge >= 0.3 is 0 Å². The largest absolute Gasteiger partial charge is 0.303 e. The molecule has 2 heterocycles. The van der Waals surface area contributed by atoms with Crippen LogP contribution in [0.5, 0.6) is 0 Å². The van der Waals surface area contributed by atoms with Gasteiger partial charge < -0.3 is 4.79 Å². The number of aldehydes is 1. The number of hydrogen-bond acceptors (Lipinski definition) is 3. The maximum absolute atomic E-state index is 10.6. The molecule has 0 radical (unpaired) electrons. The molecule has 18 heavy (non-hydrogen) atoms. The van der Waals surface area contributed by atoms with Gasteiger partial charge in [0.2, 0.25) is 0 Å². The van der Waals surface area contributed by atoms with Crippen LogP contribution >= 0.6 is 0 Å². The number of hydrogen-bond donors (Lipinski definition) is 0. The number of carbonyl (C=O) groups is 1. The quantitative estimate of drug-likeness (QED) is 0.775. The van der Waals surface area contributed by atoms with Gasteiger partial charge in [0.1, 0.15) is 6.29 Å². The average molecular weight is 241 g/mol. The van der Waals surface area contributed by atoms with Crippen molar-refractivity contribution in [2.24, 2.45) is 5.92 Å². The monoisotopic (exact) mass is 241 g/mol. The molecule has 0 spiro atoms. The van der Waals surface area contributed by atoms with Gasteiger partial charge in [0.15, 0.2) is 0 Å². The van der Waals surface area contributed by atoms with Crippen molar-refractivity contribution >= 4 is 6.29 Å². The predicted molar refractivity (Wildman–Crippen MR) is 68.0 cm³/mol. The highest BCUT2D eigenvalue weighted by Crippen LogP contribution is 2.36. The number of aryl methyl sites for hydroxylation is 1. The summed E-state index contributed by atoms with van der Waals surface area (Å²) >= 11 is 0. The van der Waals surface area contributed by atoms with Crippen LogP contribution in [0.4, 0.5) is 0 Å². The van der Waals surface area contributed by atoms with Crippen LogP contribution in [-0.2, 0) is 4.79 Å². The summed E-state index contributed by atoms with van der Waals surface area (Å²) in [6, 6.07) is 4.35. The maximum atomic E-state index is 10.6. The minimum Gasteiger partial charge on any atom is -0.303 e. The number of nitrogens with zero attached hydrogens (tertiary/aromatic N) is 3. The number of pyridine rings is 1. The molecule has 1 fully saturated rings. The highest BCUT2D eigenvalue weighted by Gasteiger charge is 2.30. The van der Waals surface area contributed by atoms with Crippen LogP contribution in [0.25, 0.3) is 11.3 Å². The lowest BCUT2D eigenvalue weighted by Crippen LogP contribution is -2.27. The predicted octanol–water partition coefficient (Wildman–Crippen LogP) is 2.40. The molecule has 0 aliphatic heterocycles. The third-order valence-corrected chi connectivity index (χ3v) is 3.60. The first-order chi connectivity index (χ1) is 8.78. The Labute approximate surface area is 106 Å². The summed E-state index contributed by atoms with van der Waals surface area (Å²) in [5.41, 5.74) is 3.18. The molecule has 4 nitrogen and oxygen atoms in total. The summed E-state index contributed by atoms with van der Waals surface area (Å²) in [6.45, 7) is 2.05. The smallest absolute Gasteiger partial charge is 0.123 e. The van der Waals surface area contributed by atoms with Crippen molar-refractivity contribution < 1.29 is 4.79 Å². The van der Waals surface area contributed by atoms with E-state index >= 15 is 0 Å². The summed E-state index contributed by atoms with van der Waals surface area (Å²) in [5.74, 6) is 0.222. The molecule has 0 unspecified atom stereocenters. The molecule has 92 valence electrons. The lowest BCUT2D eigenvalue weighted by Gasteiger charge is -2.31. The van der Waals surface area contributed by atoms with E-state index in [-0.39, 0.29) is 5.92 Å². The van der Waals surface area contributed by atoms with Crippen LogP contribution in [-0.4, -0.2) is 21.1 Å². The molecule has 2 aromatic rings. The van der Waals surface area contributed by atoms with Crippen LogP contribution < -0.4 is 0 Å². The number of carbonyl (C=O) groups excluding carboxylic acids is 1. The average Bonchev–Trinajstić information content (AvgIpc) is 2.77. The zero-order chi connectivity index (χ0) is 12.5. The Morgan fingerprint density at radius 3 is 3.00 bits per heavy atom. The number of rotatable bonds is 3. The van der Waals surface area contributed by atoms with Crippen LogP contribution in [0.3, 0.4) is 0 Å². The van der Waals surface area contributed by atoms with Crippen molar-refractivity contribution in [1.82, 2.24) is 14.8 Å². The zero-order valence-electron chi connectivity index (χ0n) is 10.3. The summed E-state index contributed by atoms with van der Waals surface area (Å²) in [5, 5.41) is 4.39. The second kappa shape index (κ2) is 4.37. The normalized spacial score (nSPS) is 22.5. The fraction of sp³-hybridized carbons (Fsp3) is 0.357. The van der Waals surface area contributed by atoms with Crippen molar-refractivity contribution in [2.75, 3.05) is 0 Å². The first-order valence-electron chi connectivity index (χ1n) is 6.19. The van der Waals surface area contributed by atoms with Gasteiger partial charge in [-0.3, -0.25) is 9.67 Å². The highest BCUT2D eigenvalue weighted by molar-refractivity contribution is 5.61. The van der Waals surface area contributed by atoms with Crippen LogP contribution in [0.2, 0.25) is 0 Å². The van der Waals surface area contributed by atoms with Crippen molar-refractivity contribution in [2.45, 2.75) is 25.8 Å². The Bertz CT molecular complexity index is 570. The van der Waals surface area contributed by atoms with E-state index in [0.717, 1.165) is 35.9 Å². The lowest BCUT2D eigenvalue weighted by molar-refractivity contribution is -0.114. The third kappa shape index (κ3) is 1.83. The molecule has 1 aliphatic rings. The molecule has 0 bridgehead atoms. The fourth-order valence-corrected chi connectivity index (χ4v) is 2.40. The van der Waals surface area contributed by atoms with E-state index in [4.69, 9.17) is 0 Å². The fourth-order valence-electron chi connectivity index (χ4n) is 2.40. The van der Waals surface area contributed by atoms with Gasteiger partial charge in [-0.2, -0.15) is 5.10 Å². The first-order valence-corrected chi connectivity index (χ1v) is 6.19. The molecular weight excluding hydrogens is 226 g/mol. The topological polar surface area (TPSA) is 47.8 Å². The van der Waals surface area contributed by atoms with Crippen LogP contribution in [0.15, 0.2) is 30.7 Å². The molecule has 4 heteroatoms. The van der Waals surface area contributed by atoms with Crippen molar-refractivity contribution in [3.05, 3.63) is 36.3 Å². The Hall–Kier alpha value is -1.97. The van der Waals surface area contributed by atoms with Gasteiger partial charge in [-0.05, 0) is 31.4 Å². The molecule has 1 aliphatic carbocycles. The van der Waals surface area contributed by atoms with E-state index in [1.165, 1.54) is 0 Å². The molecular formula is C14H15N3O. The van der Waals surface area contributed by atoms with Crippen LogP contribution in [0, 0.1) is 12.8 Å². The molecule has 0 aromatic carbocycles. The second-order valence-corrected chi connectivity index (χ2v) is 4.90. The Morgan fingerprint density at radius 1 is 1.44 bits per heavy atom. The first kappa shape index (κ1) is 11.1. The Balaban J connectivity index is 1.82. The minimum absolute atomic E-state index is 0.222. The van der Waals surface area contributed by atoms with Gasteiger partial charge in [-0.25, -0.2) is 0 Å². The lowest BCUT2D eigenvalue weighted by atomic mass is 9.81. The van der Waals surface area contributed by atoms with Gasteiger partial charge in [0.05, 0.1) is 17.9 Å². The molecule has 2 aromatic heterocycles. The molecule has 0 saturated heterocycles. The Morgan fingerprint density at radius 2 is 2.28 bits per heavy atom. The second-order valence-electron chi connectivity index (χ2n) is 4.90. The van der Waals surface area contributed by atoms with E-state index in [9.17, 15) is 4.79 Å². The van der Waals surface area contributed by atoms with Gasteiger partial charge in [0, 0.05) is 23.9 Å². The number of aromatic nitrogens is 3. The van der Waals surface area contributed by atoms with Crippen molar-refractivity contribution in [3.63, 3.8) is 0 Å². The van der Waals surface area contributed by atoms with Crippen LogP contribution in [0.1, 0.15) is 24.4 Å². The molecule has 0 N–H and O–H groups in total. The van der Waals surface area contributed by atoms with Gasteiger partial charge in [-0.15, -0.1) is 0 Å². The van der Waals surface area contributed by atoms with E-state index < -0.39 is 0 Å². The molecule has 0 amide bonds.